The van der Waals surface area contributed by atoms with Crippen molar-refractivity contribution >= 4 is 0 Å². The zero-order valence-corrected chi connectivity index (χ0v) is 10.1. The number of hydrogen-bond donors (Lipinski definition) is 1. The number of hydrogen-bond acceptors (Lipinski definition) is 3. The van der Waals surface area contributed by atoms with E-state index in [1.807, 2.05) is 0 Å². The van der Waals surface area contributed by atoms with E-state index in [1.165, 1.54) is 5.56 Å². The first-order valence-electron chi connectivity index (χ1n) is 6.00. The molecular weight excluding hydrogens is 188 g/mol. The van der Waals surface area contributed by atoms with Crippen LogP contribution in [0.25, 0.3) is 0 Å². The molecule has 0 amide bonds. The number of rotatable bonds is 7. The van der Waals surface area contributed by atoms with Crippen LogP contribution in [0.1, 0.15) is 50.6 Å². The zero-order chi connectivity index (χ0) is 11.1. The Morgan fingerprint density at radius 2 is 2.00 bits per heavy atom. The third kappa shape index (κ3) is 3.34. The summed E-state index contributed by atoms with van der Waals surface area (Å²) < 4.78 is 5.37. The normalized spacial score (nSPS) is 10.9. The molecule has 0 spiro atoms. The fraction of sp³-hybridized carbons (Fsp3) is 0.750. The van der Waals surface area contributed by atoms with E-state index in [9.17, 15) is 0 Å². The third-order valence-electron chi connectivity index (χ3n) is 2.50. The maximum atomic E-state index is 5.37. The lowest BCUT2D eigenvalue weighted by Gasteiger charge is -2.01. The fourth-order valence-corrected chi connectivity index (χ4v) is 1.73. The van der Waals surface area contributed by atoms with Crippen molar-refractivity contribution in [3.63, 3.8) is 0 Å². The topological polar surface area (TPSA) is 38.1 Å². The van der Waals surface area contributed by atoms with Gasteiger partial charge in [0.15, 0.2) is 0 Å². The molecule has 1 rings (SSSR count). The van der Waals surface area contributed by atoms with Crippen molar-refractivity contribution in [2.24, 2.45) is 0 Å². The van der Waals surface area contributed by atoms with Gasteiger partial charge in [-0.25, -0.2) is 0 Å². The lowest BCUT2D eigenvalue weighted by atomic mass is 10.1. The molecule has 0 atom stereocenters. The highest BCUT2D eigenvalue weighted by molar-refractivity contribution is 5.23. The summed E-state index contributed by atoms with van der Waals surface area (Å²) >= 11 is 0. The van der Waals surface area contributed by atoms with Gasteiger partial charge < -0.3 is 9.84 Å². The van der Waals surface area contributed by atoms with E-state index < -0.39 is 0 Å². The van der Waals surface area contributed by atoms with Gasteiger partial charge in [-0.15, -0.1) is 0 Å². The maximum absolute atomic E-state index is 5.37. The van der Waals surface area contributed by atoms with Crippen molar-refractivity contribution in [2.75, 3.05) is 6.54 Å². The number of aromatic nitrogens is 1. The largest absolute Gasteiger partial charge is 0.361 e. The van der Waals surface area contributed by atoms with E-state index in [4.69, 9.17) is 4.52 Å². The third-order valence-corrected chi connectivity index (χ3v) is 2.50. The molecule has 0 radical (unpaired) electrons. The van der Waals surface area contributed by atoms with Crippen LogP contribution in [0, 0.1) is 0 Å². The molecule has 0 fully saturated rings. The molecule has 1 aromatic rings. The number of nitrogens with one attached hydrogen (secondary N) is 1. The van der Waals surface area contributed by atoms with Crippen molar-refractivity contribution in [2.45, 2.75) is 53.0 Å². The van der Waals surface area contributed by atoms with Gasteiger partial charge in [0.25, 0.3) is 0 Å². The first kappa shape index (κ1) is 12.2. The molecule has 0 aliphatic carbocycles. The number of aryl methyl sites for hydroxylation is 1. The van der Waals surface area contributed by atoms with Crippen molar-refractivity contribution < 1.29 is 4.52 Å². The summed E-state index contributed by atoms with van der Waals surface area (Å²) in [5.41, 5.74) is 2.40. The average molecular weight is 210 g/mol. The summed E-state index contributed by atoms with van der Waals surface area (Å²) in [7, 11) is 0. The average Bonchev–Trinajstić information content (AvgIpc) is 2.62. The van der Waals surface area contributed by atoms with Crippen LogP contribution in [0.4, 0.5) is 0 Å². The second-order valence-corrected chi connectivity index (χ2v) is 3.81. The van der Waals surface area contributed by atoms with E-state index in [0.717, 1.165) is 50.2 Å². The van der Waals surface area contributed by atoms with Gasteiger partial charge in [-0.3, -0.25) is 0 Å². The quantitative estimate of drug-likeness (QED) is 0.703. The minimum absolute atomic E-state index is 0.838. The Balaban J connectivity index is 2.62. The molecule has 0 aliphatic heterocycles. The Morgan fingerprint density at radius 3 is 2.60 bits per heavy atom. The van der Waals surface area contributed by atoms with E-state index in [1.54, 1.807) is 0 Å². The zero-order valence-electron chi connectivity index (χ0n) is 10.1. The van der Waals surface area contributed by atoms with Gasteiger partial charge in [-0.05, 0) is 25.8 Å². The first-order chi connectivity index (χ1) is 7.33. The van der Waals surface area contributed by atoms with Gasteiger partial charge in [0.1, 0.15) is 11.5 Å². The summed E-state index contributed by atoms with van der Waals surface area (Å²) in [5, 5.41) is 7.50. The van der Waals surface area contributed by atoms with Crippen molar-refractivity contribution in [1.29, 1.82) is 0 Å². The van der Waals surface area contributed by atoms with E-state index >= 15 is 0 Å². The summed E-state index contributed by atoms with van der Waals surface area (Å²) in [5.74, 6) is 1.08. The van der Waals surface area contributed by atoms with Crippen LogP contribution in [-0.4, -0.2) is 11.7 Å². The van der Waals surface area contributed by atoms with Crippen LogP contribution in [0.3, 0.4) is 0 Å². The predicted molar refractivity (Wildman–Crippen MR) is 61.9 cm³/mol. The highest BCUT2D eigenvalue weighted by atomic mass is 16.5. The van der Waals surface area contributed by atoms with Gasteiger partial charge in [0.2, 0.25) is 0 Å². The van der Waals surface area contributed by atoms with Gasteiger partial charge in [0.05, 0.1) is 0 Å². The minimum atomic E-state index is 0.838. The number of nitrogens with zero attached hydrogens (tertiary/aromatic N) is 1. The molecule has 1 N–H and O–H groups in total. The molecule has 0 saturated carbocycles. The maximum Gasteiger partial charge on any atom is 0.140 e. The molecule has 3 nitrogen and oxygen atoms in total. The second kappa shape index (κ2) is 6.62. The van der Waals surface area contributed by atoms with Crippen LogP contribution < -0.4 is 5.32 Å². The Kier molecular flexibility index (Phi) is 5.40. The SMILES string of the molecule is CCCNCc1noc(CCC)c1CC. The lowest BCUT2D eigenvalue weighted by Crippen LogP contribution is -2.15. The van der Waals surface area contributed by atoms with Crippen molar-refractivity contribution in [3.8, 4) is 0 Å². The summed E-state index contributed by atoms with van der Waals surface area (Å²) in [6.45, 7) is 8.37. The highest BCUT2D eigenvalue weighted by Gasteiger charge is 2.12. The fourth-order valence-electron chi connectivity index (χ4n) is 1.73. The molecule has 15 heavy (non-hydrogen) atoms. The van der Waals surface area contributed by atoms with Crippen LogP contribution >= 0.6 is 0 Å². The van der Waals surface area contributed by atoms with Crippen molar-refractivity contribution in [3.05, 3.63) is 17.0 Å². The summed E-state index contributed by atoms with van der Waals surface area (Å²) in [6, 6.07) is 0. The predicted octanol–water partition coefficient (Wildman–Crippen LogP) is 2.69. The van der Waals surface area contributed by atoms with Crippen LogP contribution in [0.15, 0.2) is 4.52 Å². The molecule has 3 heteroatoms. The van der Waals surface area contributed by atoms with Crippen LogP contribution in [-0.2, 0) is 19.4 Å². The van der Waals surface area contributed by atoms with Crippen LogP contribution in [0.5, 0.6) is 0 Å². The molecule has 0 unspecified atom stereocenters. The Bertz CT molecular complexity index is 281. The smallest absolute Gasteiger partial charge is 0.140 e. The van der Waals surface area contributed by atoms with E-state index in [-0.39, 0.29) is 0 Å². The molecule has 86 valence electrons. The Morgan fingerprint density at radius 1 is 1.20 bits per heavy atom. The highest BCUT2D eigenvalue weighted by Crippen LogP contribution is 2.16. The van der Waals surface area contributed by atoms with Gasteiger partial charge >= 0.3 is 0 Å². The monoisotopic (exact) mass is 210 g/mol. The molecule has 1 heterocycles. The first-order valence-corrected chi connectivity index (χ1v) is 6.00. The standard InChI is InChI=1S/C12H22N2O/c1-4-7-12-10(6-3)11(14-15-12)9-13-8-5-2/h13H,4-9H2,1-3H3. The molecule has 1 aromatic heterocycles. The minimum Gasteiger partial charge on any atom is -0.361 e. The van der Waals surface area contributed by atoms with E-state index in [0.29, 0.717) is 0 Å². The lowest BCUT2D eigenvalue weighted by molar-refractivity contribution is 0.373. The van der Waals surface area contributed by atoms with Gasteiger partial charge in [0, 0.05) is 18.5 Å². The van der Waals surface area contributed by atoms with E-state index in [2.05, 4.69) is 31.2 Å². The summed E-state index contributed by atoms with van der Waals surface area (Å²) in [6.07, 6.45) is 4.29. The van der Waals surface area contributed by atoms with Crippen molar-refractivity contribution in [1.82, 2.24) is 10.5 Å². The summed E-state index contributed by atoms with van der Waals surface area (Å²) in [4.78, 5) is 0. The van der Waals surface area contributed by atoms with Gasteiger partial charge in [-0.2, -0.15) is 0 Å². The molecular formula is C12H22N2O. The second-order valence-electron chi connectivity index (χ2n) is 3.81. The molecule has 0 bridgehead atoms. The van der Waals surface area contributed by atoms with Gasteiger partial charge in [-0.1, -0.05) is 25.9 Å². The molecule has 0 saturated heterocycles. The molecule has 0 aliphatic rings. The molecule has 0 aromatic carbocycles. The Hall–Kier alpha value is -0.830. The Labute approximate surface area is 92.2 Å². The van der Waals surface area contributed by atoms with Crippen LogP contribution in [0.2, 0.25) is 0 Å².